The Hall–Kier alpha value is -1.08. The summed E-state index contributed by atoms with van der Waals surface area (Å²) in [5.74, 6) is -1.78. The van der Waals surface area contributed by atoms with Crippen molar-refractivity contribution in [2.75, 3.05) is 5.75 Å². The van der Waals surface area contributed by atoms with Gasteiger partial charge < -0.3 is 5.11 Å². The molecule has 1 N–H and O–H groups in total. The van der Waals surface area contributed by atoms with Crippen molar-refractivity contribution >= 4 is 9.84 Å². The van der Waals surface area contributed by atoms with E-state index in [4.69, 9.17) is 0 Å². The molecule has 1 saturated carbocycles. The Morgan fingerprint density at radius 1 is 1.24 bits per heavy atom. The summed E-state index contributed by atoms with van der Waals surface area (Å²) in [6.07, 6.45) is -4.60. The van der Waals surface area contributed by atoms with Crippen molar-refractivity contribution in [1.29, 1.82) is 0 Å². The van der Waals surface area contributed by atoms with E-state index in [0.29, 0.717) is 6.42 Å². The van der Waals surface area contributed by atoms with E-state index in [9.17, 15) is 26.7 Å². The van der Waals surface area contributed by atoms with E-state index in [1.807, 2.05) is 13.8 Å². The summed E-state index contributed by atoms with van der Waals surface area (Å²) in [6, 6.07) is 5.47. The van der Waals surface area contributed by atoms with Crippen LogP contribution in [0.5, 0.6) is 0 Å². The van der Waals surface area contributed by atoms with Crippen molar-refractivity contribution in [1.82, 2.24) is 0 Å². The van der Waals surface area contributed by atoms with Gasteiger partial charge in [-0.05, 0) is 35.4 Å². The summed E-state index contributed by atoms with van der Waals surface area (Å²) in [4.78, 5) is -0.332. The first-order chi connectivity index (χ1) is 9.43. The van der Waals surface area contributed by atoms with Crippen LogP contribution in [-0.4, -0.2) is 31.6 Å². The zero-order valence-corrected chi connectivity index (χ0v) is 12.5. The zero-order chi connectivity index (χ0) is 16.1. The maximum absolute atomic E-state index is 12.2. The predicted molar refractivity (Wildman–Crippen MR) is 71.7 cm³/mol. The van der Waals surface area contributed by atoms with Gasteiger partial charge in [-0.15, -0.1) is 0 Å². The van der Waals surface area contributed by atoms with Crippen LogP contribution in [0.2, 0.25) is 0 Å². The molecule has 1 aliphatic rings. The van der Waals surface area contributed by atoms with Gasteiger partial charge in [0, 0.05) is 0 Å². The molecule has 7 heteroatoms. The molecular weight excluding hydrogens is 305 g/mol. The van der Waals surface area contributed by atoms with Crippen LogP contribution in [0.15, 0.2) is 29.2 Å². The summed E-state index contributed by atoms with van der Waals surface area (Å²) in [6.45, 7) is 3.81. The fourth-order valence-corrected chi connectivity index (χ4v) is 3.82. The van der Waals surface area contributed by atoms with Gasteiger partial charge in [-0.25, -0.2) is 8.42 Å². The van der Waals surface area contributed by atoms with E-state index in [1.165, 1.54) is 24.3 Å². The first kappa shape index (κ1) is 16.3. The second-order valence-electron chi connectivity index (χ2n) is 6.07. The van der Waals surface area contributed by atoms with E-state index in [2.05, 4.69) is 0 Å². The van der Waals surface area contributed by atoms with E-state index >= 15 is 0 Å². The molecule has 3 nitrogen and oxygen atoms in total. The molecule has 1 aromatic carbocycles. The second kappa shape index (κ2) is 4.98. The highest BCUT2D eigenvalue weighted by Crippen LogP contribution is 2.52. The largest absolute Gasteiger partial charge is 0.403 e. The van der Waals surface area contributed by atoms with Gasteiger partial charge in [0.25, 0.3) is 0 Å². The standard InChI is InChI=1S/C14H17F3O3S/c1-13(2)11(7-12(13)18)9-3-5-10(6-4-9)21(19,20)8-14(15,16)17/h3-6,11-12,18H,7-8H2,1-2H3. The third kappa shape index (κ3) is 3.23. The molecular formula is C14H17F3O3S. The fourth-order valence-electron chi connectivity index (χ4n) is 2.67. The average molecular weight is 322 g/mol. The minimum Gasteiger partial charge on any atom is -0.393 e. The first-order valence-electron chi connectivity index (χ1n) is 6.51. The molecule has 0 saturated heterocycles. The third-order valence-corrected chi connectivity index (χ3v) is 5.91. The lowest BCUT2D eigenvalue weighted by molar-refractivity contribution is -0.106. The fraction of sp³-hybridized carbons (Fsp3) is 0.571. The van der Waals surface area contributed by atoms with Crippen LogP contribution in [0.3, 0.4) is 0 Å². The SMILES string of the molecule is CC1(C)C(O)CC1c1ccc(S(=O)(=O)CC(F)(F)F)cc1. The van der Waals surface area contributed by atoms with E-state index in [1.54, 1.807) is 0 Å². The second-order valence-corrected chi connectivity index (χ2v) is 8.06. The van der Waals surface area contributed by atoms with Gasteiger partial charge in [0.2, 0.25) is 0 Å². The Morgan fingerprint density at radius 3 is 2.14 bits per heavy atom. The van der Waals surface area contributed by atoms with Crippen molar-refractivity contribution in [3.8, 4) is 0 Å². The van der Waals surface area contributed by atoms with Crippen molar-refractivity contribution < 1.29 is 26.7 Å². The molecule has 0 aromatic heterocycles. The van der Waals surface area contributed by atoms with Gasteiger partial charge in [-0.2, -0.15) is 13.2 Å². The first-order valence-corrected chi connectivity index (χ1v) is 8.16. The highest BCUT2D eigenvalue weighted by molar-refractivity contribution is 7.91. The van der Waals surface area contributed by atoms with Crippen molar-refractivity contribution in [2.45, 2.75) is 43.4 Å². The van der Waals surface area contributed by atoms with Crippen LogP contribution >= 0.6 is 0 Å². The van der Waals surface area contributed by atoms with Crippen LogP contribution in [-0.2, 0) is 9.84 Å². The normalized spacial score (nSPS) is 25.4. The van der Waals surface area contributed by atoms with E-state index in [0.717, 1.165) is 5.56 Å². The molecule has 1 aliphatic carbocycles. The van der Waals surface area contributed by atoms with Crippen LogP contribution in [0.4, 0.5) is 13.2 Å². The summed E-state index contributed by atoms with van der Waals surface area (Å²) >= 11 is 0. The molecule has 0 aliphatic heterocycles. The molecule has 2 unspecified atom stereocenters. The quantitative estimate of drug-likeness (QED) is 0.931. The number of rotatable bonds is 3. The maximum Gasteiger partial charge on any atom is 0.403 e. The Kier molecular flexibility index (Phi) is 3.87. The van der Waals surface area contributed by atoms with Crippen molar-refractivity contribution in [3.05, 3.63) is 29.8 Å². The van der Waals surface area contributed by atoms with Gasteiger partial charge in [0.05, 0.1) is 11.0 Å². The number of halogens is 3. The minimum atomic E-state index is -4.75. The van der Waals surface area contributed by atoms with Crippen LogP contribution in [0.1, 0.15) is 31.7 Å². The molecule has 2 rings (SSSR count). The smallest absolute Gasteiger partial charge is 0.393 e. The lowest BCUT2D eigenvalue weighted by Gasteiger charge is -2.49. The summed E-state index contributed by atoms with van der Waals surface area (Å²) < 4.78 is 60.0. The molecule has 1 fully saturated rings. The van der Waals surface area contributed by atoms with Gasteiger partial charge in [0.1, 0.15) is 0 Å². The number of benzene rings is 1. The Balaban J connectivity index is 2.21. The number of alkyl halides is 3. The van der Waals surface area contributed by atoms with Crippen LogP contribution < -0.4 is 0 Å². The third-order valence-electron chi connectivity index (χ3n) is 4.21. The molecule has 118 valence electrons. The molecule has 1 aromatic rings. The van der Waals surface area contributed by atoms with E-state index < -0.39 is 27.9 Å². The molecule has 21 heavy (non-hydrogen) atoms. The number of hydrogen-bond acceptors (Lipinski definition) is 3. The predicted octanol–water partition coefficient (Wildman–Crippen LogP) is 2.90. The average Bonchev–Trinajstić information content (AvgIpc) is 2.33. The van der Waals surface area contributed by atoms with E-state index in [-0.39, 0.29) is 16.2 Å². The molecule has 0 bridgehead atoms. The molecule has 0 amide bonds. The number of aliphatic hydroxyl groups is 1. The lowest BCUT2D eigenvalue weighted by Crippen LogP contribution is -2.47. The van der Waals surface area contributed by atoms with Gasteiger partial charge in [0.15, 0.2) is 15.6 Å². The van der Waals surface area contributed by atoms with Crippen molar-refractivity contribution in [2.24, 2.45) is 5.41 Å². The summed E-state index contributed by atoms with van der Waals surface area (Å²) in [5.41, 5.74) is 0.517. The highest BCUT2D eigenvalue weighted by Gasteiger charge is 2.47. The number of aliphatic hydroxyl groups excluding tert-OH is 1. The molecule has 0 spiro atoms. The monoisotopic (exact) mass is 322 g/mol. The molecule has 0 heterocycles. The van der Waals surface area contributed by atoms with Gasteiger partial charge in [-0.3, -0.25) is 0 Å². The Labute approximate surface area is 121 Å². The topological polar surface area (TPSA) is 54.4 Å². The number of hydrogen-bond donors (Lipinski definition) is 1. The Morgan fingerprint density at radius 2 is 1.76 bits per heavy atom. The maximum atomic E-state index is 12.2. The summed E-state index contributed by atoms with van der Waals surface area (Å²) in [5, 5.41) is 9.70. The van der Waals surface area contributed by atoms with Crippen LogP contribution in [0.25, 0.3) is 0 Å². The highest BCUT2D eigenvalue weighted by atomic mass is 32.2. The Bertz CT molecular complexity index is 618. The van der Waals surface area contributed by atoms with Gasteiger partial charge in [-0.1, -0.05) is 26.0 Å². The molecule has 2 atom stereocenters. The molecule has 0 radical (unpaired) electrons. The summed E-state index contributed by atoms with van der Waals surface area (Å²) in [7, 11) is -4.36. The van der Waals surface area contributed by atoms with Crippen molar-refractivity contribution in [3.63, 3.8) is 0 Å². The number of sulfone groups is 1. The minimum absolute atomic E-state index is 0.0758. The zero-order valence-electron chi connectivity index (χ0n) is 11.7. The lowest BCUT2D eigenvalue weighted by atomic mass is 9.58. The van der Waals surface area contributed by atoms with Crippen LogP contribution in [0, 0.1) is 5.41 Å². The van der Waals surface area contributed by atoms with Gasteiger partial charge >= 0.3 is 6.18 Å².